The molecule has 2 amide bonds. The molecule has 0 radical (unpaired) electrons. The highest BCUT2D eigenvalue weighted by molar-refractivity contribution is 7.71. The van der Waals surface area contributed by atoms with Gasteiger partial charge < -0.3 is 14.6 Å². The van der Waals surface area contributed by atoms with Gasteiger partial charge in [0.15, 0.2) is 9.90 Å². The lowest BCUT2D eigenvalue weighted by atomic mass is 10.3. The molecule has 3 heterocycles. The lowest BCUT2D eigenvalue weighted by Gasteiger charge is -2.25. The molecule has 0 atom stereocenters. The minimum absolute atomic E-state index is 0.152. The van der Waals surface area contributed by atoms with E-state index in [2.05, 4.69) is 20.8 Å². The average Bonchev–Trinajstić information content (AvgIpc) is 3.40. The number of benzene rings is 1. The largest absolute Gasteiger partial charge is 0.378 e. The third-order valence-electron chi connectivity index (χ3n) is 4.39. The second-order valence-electron chi connectivity index (χ2n) is 6.31. The van der Waals surface area contributed by atoms with E-state index in [1.165, 1.54) is 46.4 Å². The van der Waals surface area contributed by atoms with Gasteiger partial charge in [-0.15, -0.1) is 11.3 Å². The summed E-state index contributed by atoms with van der Waals surface area (Å²) in [6, 6.07) is 5.53. The second kappa shape index (κ2) is 8.73. The van der Waals surface area contributed by atoms with Crippen molar-refractivity contribution in [1.29, 1.82) is 0 Å². The number of aromatic amines is 1. The van der Waals surface area contributed by atoms with Gasteiger partial charge in [-0.1, -0.05) is 0 Å². The fourth-order valence-electron chi connectivity index (χ4n) is 2.89. The molecule has 2 aromatic heterocycles. The smallest absolute Gasteiger partial charge is 0.289 e. The number of aromatic nitrogens is 3. The maximum atomic E-state index is 13.2. The molecule has 3 N–H and O–H groups in total. The molecule has 12 heteroatoms. The highest BCUT2D eigenvalue weighted by Gasteiger charge is 2.19. The van der Waals surface area contributed by atoms with Crippen LogP contribution in [0.2, 0.25) is 0 Å². The summed E-state index contributed by atoms with van der Waals surface area (Å²) in [7, 11) is 0. The molecule has 156 valence electrons. The summed E-state index contributed by atoms with van der Waals surface area (Å²) in [4.78, 5) is 34.1. The van der Waals surface area contributed by atoms with Crippen LogP contribution in [0.15, 0.2) is 35.8 Å². The predicted molar refractivity (Wildman–Crippen MR) is 111 cm³/mol. The molecule has 0 unspecified atom stereocenters. The monoisotopic (exact) mass is 448 g/mol. The van der Waals surface area contributed by atoms with E-state index >= 15 is 0 Å². The zero-order valence-electron chi connectivity index (χ0n) is 15.6. The van der Waals surface area contributed by atoms with E-state index in [0.717, 1.165) is 5.13 Å². The molecule has 1 aliphatic rings. The van der Waals surface area contributed by atoms with Crippen molar-refractivity contribution in [2.24, 2.45) is 0 Å². The number of H-pyrrole nitrogens is 1. The summed E-state index contributed by atoms with van der Waals surface area (Å²) in [6.45, 7) is 2.66. The van der Waals surface area contributed by atoms with Crippen molar-refractivity contribution in [2.45, 2.75) is 0 Å². The van der Waals surface area contributed by atoms with Crippen LogP contribution in [-0.2, 0) is 4.74 Å². The number of imidazole rings is 1. The first-order valence-corrected chi connectivity index (χ1v) is 10.3. The van der Waals surface area contributed by atoms with Crippen molar-refractivity contribution in [3.8, 4) is 5.69 Å². The number of thiazole rings is 1. The molecule has 1 aliphatic heterocycles. The van der Waals surface area contributed by atoms with Gasteiger partial charge in [-0.2, -0.15) is 0 Å². The zero-order chi connectivity index (χ0) is 21.1. The highest BCUT2D eigenvalue weighted by Crippen LogP contribution is 2.21. The first-order chi connectivity index (χ1) is 14.5. The van der Waals surface area contributed by atoms with Crippen LogP contribution in [0.4, 0.5) is 9.52 Å². The Bertz CT molecular complexity index is 1120. The van der Waals surface area contributed by atoms with Crippen LogP contribution in [0.1, 0.15) is 21.0 Å². The Morgan fingerprint density at radius 3 is 2.60 bits per heavy atom. The molecule has 0 saturated carbocycles. The van der Waals surface area contributed by atoms with Crippen LogP contribution in [0, 0.1) is 10.6 Å². The van der Waals surface area contributed by atoms with Gasteiger partial charge in [0.1, 0.15) is 17.2 Å². The molecule has 30 heavy (non-hydrogen) atoms. The first kappa shape index (κ1) is 20.2. The highest BCUT2D eigenvalue weighted by atomic mass is 32.1. The van der Waals surface area contributed by atoms with Crippen molar-refractivity contribution >= 4 is 40.5 Å². The second-order valence-corrected chi connectivity index (χ2v) is 7.54. The fraction of sp³-hybridized carbons (Fsp3) is 0.222. The van der Waals surface area contributed by atoms with Gasteiger partial charge in [-0.3, -0.25) is 25.0 Å². The number of amides is 2. The number of ether oxygens (including phenoxy) is 1. The number of halogens is 1. The Labute approximate surface area is 179 Å². The number of morpholine rings is 1. The molecular weight excluding hydrogens is 431 g/mol. The summed E-state index contributed by atoms with van der Waals surface area (Å²) in [5.74, 6) is -1.54. The lowest BCUT2D eigenvalue weighted by Crippen LogP contribution is -2.42. The Morgan fingerprint density at radius 1 is 1.17 bits per heavy atom. The van der Waals surface area contributed by atoms with E-state index in [0.29, 0.717) is 32.0 Å². The van der Waals surface area contributed by atoms with Crippen LogP contribution in [0.3, 0.4) is 0 Å². The van der Waals surface area contributed by atoms with Crippen molar-refractivity contribution in [1.82, 2.24) is 25.4 Å². The van der Waals surface area contributed by atoms with E-state index in [1.54, 1.807) is 5.38 Å². The Morgan fingerprint density at radius 2 is 1.87 bits per heavy atom. The molecule has 0 bridgehead atoms. The maximum absolute atomic E-state index is 13.2. The number of anilines is 1. The Hall–Kier alpha value is -3.09. The number of carbonyl (C=O) groups is 2. The molecule has 1 aromatic carbocycles. The standard InChI is InChI=1S/C18H17FN6O3S2/c19-11-1-3-12(4-2-11)25-14(9-20-17(25)29)16(27)23-22-15(26)13-10-30-18(21-13)24-5-7-28-8-6-24/h1-4,9-10H,5-8H2,(H,20,29)(H,22,26)(H,23,27). The number of hydrogen-bond donors (Lipinski definition) is 3. The number of hydrogen-bond acceptors (Lipinski definition) is 7. The van der Waals surface area contributed by atoms with Crippen LogP contribution >= 0.6 is 23.6 Å². The summed E-state index contributed by atoms with van der Waals surface area (Å²) < 4.78 is 20.2. The van der Waals surface area contributed by atoms with Crippen LogP contribution in [-0.4, -0.2) is 52.7 Å². The number of nitrogens with zero attached hydrogens (tertiary/aromatic N) is 3. The molecule has 0 aliphatic carbocycles. The van der Waals surface area contributed by atoms with Crippen LogP contribution in [0.5, 0.6) is 0 Å². The summed E-state index contributed by atoms with van der Waals surface area (Å²) >= 11 is 6.56. The third-order valence-corrected chi connectivity index (χ3v) is 5.59. The van der Waals surface area contributed by atoms with E-state index in [-0.39, 0.29) is 16.2 Å². The van der Waals surface area contributed by atoms with E-state index in [4.69, 9.17) is 17.0 Å². The molecule has 9 nitrogen and oxygen atoms in total. The zero-order valence-corrected chi connectivity index (χ0v) is 17.2. The number of hydrazine groups is 1. The van der Waals surface area contributed by atoms with Crippen LogP contribution in [0.25, 0.3) is 5.69 Å². The minimum atomic E-state index is -0.594. The van der Waals surface area contributed by atoms with Crippen molar-refractivity contribution in [3.05, 3.63) is 57.8 Å². The molecule has 1 fully saturated rings. The lowest BCUT2D eigenvalue weighted by molar-refractivity contribution is 0.0840. The van der Waals surface area contributed by atoms with Gasteiger partial charge >= 0.3 is 0 Å². The van der Waals surface area contributed by atoms with Gasteiger partial charge in [0.05, 0.1) is 13.2 Å². The molecule has 3 aromatic rings. The van der Waals surface area contributed by atoms with Gasteiger partial charge in [-0.25, -0.2) is 9.37 Å². The van der Waals surface area contributed by atoms with Gasteiger partial charge in [0.2, 0.25) is 0 Å². The van der Waals surface area contributed by atoms with Crippen molar-refractivity contribution < 1.29 is 18.7 Å². The van der Waals surface area contributed by atoms with Crippen molar-refractivity contribution in [3.63, 3.8) is 0 Å². The fourth-order valence-corrected chi connectivity index (χ4v) is 4.01. The van der Waals surface area contributed by atoms with Crippen LogP contribution < -0.4 is 15.8 Å². The quantitative estimate of drug-likeness (QED) is 0.417. The van der Waals surface area contributed by atoms with E-state index in [9.17, 15) is 14.0 Å². The number of rotatable bonds is 4. The summed E-state index contributed by atoms with van der Waals surface area (Å²) in [5.41, 5.74) is 5.56. The maximum Gasteiger partial charge on any atom is 0.289 e. The molecule has 1 saturated heterocycles. The van der Waals surface area contributed by atoms with Gasteiger partial charge in [0.25, 0.3) is 11.8 Å². The Balaban J connectivity index is 1.43. The molecule has 4 rings (SSSR count). The number of carbonyl (C=O) groups excluding carboxylic acids is 2. The van der Waals surface area contributed by atoms with E-state index in [1.807, 2.05) is 4.90 Å². The topological polar surface area (TPSA) is 104 Å². The predicted octanol–water partition coefficient (Wildman–Crippen LogP) is 2.04. The summed E-state index contributed by atoms with van der Waals surface area (Å²) in [5, 5.41) is 2.35. The Kier molecular flexibility index (Phi) is 5.88. The summed E-state index contributed by atoms with van der Waals surface area (Å²) in [6.07, 6.45) is 1.41. The average molecular weight is 449 g/mol. The molecule has 0 spiro atoms. The third kappa shape index (κ3) is 4.25. The molecular formula is C18H17FN6O3S2. The minimum Gasteiger partial charge on any atom is -0.378 e. The SMILES string of the molecule is O=C(NNC(=O)c1c[nH]c(=S)n1-c1ccc(F)cc1)c1csc(N2CCOCC2)n1. The normalized spacial score (nSPS) is 13.8. The first-order valence-electron chi connectivity index (χ1n) is 8.98. The van der Waals surface area contributed by atoms with Gasteiger partial charge in [-0.05, 0) is 36.5 Å². The van der Waals surface area contributed by atoms with Gasteiger partial charge in [0, 0.05) is 30.4 Å². The van der Waals surface area contributed by atoms with Crippen molar-refractivity contribution in [2.75, 3.05) is 31.2 Å². The number of nitrogens with one attached hydrogen (secondary N) is 3. The van der Waals surface area contributed by atoms with E-state index < -0.39 is 17.6 Å².